The first-order valence-electron chi connectivity index (χ1n) is 3.05. The van der Waals surface area contributed by atoms with Crippen LogP contribution in [0.15, 0.2) is 12.3 Å². The van der Waals surface area contributed by atoms with Gasteiger partial charge in [0.05, 0.1) is 6.26 Å². The first-order chi connectivity index (χ1) is 4.34. The summed E-state index contributed by atoms with van der Waals surface area (Å²) < 4.78 is 5.16. The van der Waals surface area contributed by atoms with Crippen LogP contribution in [0.2, 0.25) is 0 Å². The van der Waals surface area contributed by atoms with Crippen molar-refractivity contribution in [2.75, 3.05) is 20.1 Å². The van der Waals surface area contributed by atoms with Crippen LogP contribution in [0.3, 0.4) is 0 Å². The zero-order chi connectivity index (χ0) is 6.69. The van der Waals surface area contributed by atoms with Gasteiger partial charge in [0.2, 0.25) is 0 Å². The molecule has 0 aromatic rings. The first-order valence-corrected chi connectivity index (χ1v) is 3.05. The van der Waals surface area contributed by atoms with Crippen LogP contribution in [0, 0.1) is 0 Å². The van der Waals surface area contributed by atoms with E-state index in [4.69, 9.17) is 10.5 Å². The van der Waals surface area contributed by atoms with Crippen molar-refractivity contribution in [2.24, 2.45) is 5.73 Å². The molecule has 3 nitrogen and oxygen atoms in total. The molecule has 1 aliphatic heterocycles. The normalized spacial score (nSPS) is 28.0. The SMILES string of the molecule is CN1CC=COC1CN. The van der Waals surface area contributed by atoms with Crippen LogP contribution in [-0.2, 0) is 4.74 Å². The third-order valence-electron chi connectivity index (χ3n) is 1.42. The second-order valence-electron chi connectivity index (χ2n) is 2.14. The van der Waals surface area contributed by atoms with Crippen molar-refractivity contribution in [3.63, 3.8) is 0 Å². The van der Waals surface area contributed by atoms with Gasteiger partial charge in [-0.15, -0.1) is 0 Å². The summed E-state index contributed by atoms with van der Waals surface area (Å²) in [6.07, 6.45) is 3.75. The molecule has 1 aliphatic rings. The Labute approximate surface area is 55.1 Å². The highest BCUT2D eigenvalue weighted by molar-refractivity contribution is 4.84. The number of hydrogen-bond acceptors (Lipinski definition) is 3. The first kappa shape index (κ1) is 6.58. The number of likely N-dealkylation sites (N-methyl/N-ethyl adjacent to an activating group) is 1. The summed E-state index contributed by atoms with van der Waals surface area (Å²) in [7, 11) is 1.99. The van der Waals surface area contributed by atoms with Crippen LogP contribution in [0.25, 0.3) is 0 Å². The van der Waals surface area contributed by atoms with Gasteiger partial charge in [0.15, 0.2) is 6.23 Å². The predicted molar refractivity (Wildman–Crippen MR) is 35.7 cm³/mol. The van der Waals surface area contributed by atoms with Crippen molar-refractivity contribution < 1.29 is 4.74 Å². The largest absolute Gasteiger partial charge is 0.482 e. The molecular weight excluding hydrogens is 116 g/mol. The fraction of sp³-hybridized carbons (Fsp3) is 0.667. The Bertz CT molecular complexity index is 114. The molecule has 0 fully saturated rings. The quantitative estimate of drug-likeness (QED) is 0.529. The molecule has 0 aliphatic carbocycles. The molecule has 2 N–H and O–H groups in total. The highest BCUT2D eigenvalue weighted by Crippen LogP contribution is 2.02. The van der Waals surface area contributed by atoms with E-state index < -0.39 is 0 Å². The van der Waals surface area contributed by atoms with Gasteiger partial charge < -0.3 is 10.5 Å². The third-order valence-corrected chi connectivity index (χ3v) is 1.42. The minimum Gasteiger partial charge on any atom is -0.482 e. The van der Waals surface area contributed by atoms with E-state index in [0.717, 1.165) is 6.54 Å². The minimum atomic E-state index is 0.0787. The number of nitrogens with two attached hydrogens (primary N) is 1. The van der Waals surface area contributed by atoms with Crippen LogP contribution in [-0.4, -0.2) is 31.3 Å². The molecule has 1 atom stereocenters. The Balaban J connectivity index is 2.43. The highest BCUT2D eigenvalue weighted by Gasteiger charge is 2.13. The average molecular weight is 128 g/mol. The Morgan fingerprint density at radius 3 is 3.11 bits per heavy atom. The second kappa shape index (κ2) is 2.85. The lowest BCUT2D eigenvalue weighted by Gasteiger charge is -2.27. The second-order valence-corrected chi connectivity index (χ2v) is 2.14. The molecule has 0 aromatic heterocycles. The van der Waals surface area contributed by atoms with Crippen LogP contribution < -0.4 is 5.73 Å². The van der Waals surface area contributed by atoms with Crippen LogP contribution in [0.4, 0.5) is 0 Å². The summed E-state index contributed by atoms with van der Waals surface area (Å²) >= 11 is 0. The van der Waals surface area contributed by atoms with E-state index in [-0.39, 0.29) is 6.23 Å². The lowest BCUT2D eigenvalue weighted by atomic mass is 10.4. The van der Waals surface area contributed by atoms with Crippen molar-refractivity contribution in [1.82, 2.24) is 4.90 Å². The van der Waals surface area contributed by atoms with E-state index in [2.05, 4.69) is 4.90 Å². The summed E-state index contributed by atoms with van der Waals surface area (Å²) in [6, 6.07) is 0. The van der Waals surface area contributed by atoms with Crippen molar-refractivity contribution in [1.29, 1.82) is 0 Å². The van der Waals surface area contributed by atoms with Gasteiger partial charge in [0, 0.05) is 13.1 Å². The fourth-order valence-electron chi connectivity index (χ4n) is 0.813. The van der Waals surface area contributed by atoms with Gasteiger partial charge >= 0.3 is 0 Å². The number of ether oxygens (including phenoxy) is 1. The molecule has 0 saturated carbocycles. The third kappa shape index (κ3) is 1.43. The number of rotatable bonds is 1. The van der Waals surface area contributed by atoms with E-state index in [9.17, 15) is 0 Å². The lowest BCUT2D eigenvalue weighted by Crippen LogP contribution is -2.40. The molecule has 1 heterocycles. The summed E-state index contributed by atoms with van der Waals surface area (Å²) in [5.41, 5.74) is 5.39. The van der Waals surface area contributed by atoms with Crippen molar-refractivity contribution in [3.8, 4) is 0 Å². The smallest absolute Gasteiger partial charge is 0.164 e. The van der Waals surface area contributed by atoms with Crippen LogP contribution in [0.5, 0.6) is 0 Å². The molecule has 3 heteroatoms. The van der Waals surface area contributed by atoms with E-state index in [1.807, 2.05) is 13.1 Å². The minimum absolute atomic E-state index is 0.0787. The fourth-order valence-corrected chi connectivity index (χ4v) is 0.813. The Hall–Kier alpha value is -0.540. The highest BCUT2D eigenvalue weighted by atomic mass is 16.5. The van der Waals surface area contributed by atoms with Gasteiger partial charge in [0.1, 0.15) is 0 Å². The standard InChI is InChI=1S/C6H12N2O/c1-8-3-2-4-9-6(8)5-7/h2,4,6H,3,5,7H2,1H3. The predicted octanol–water partition coefficient (Wildman–Crippen LogP) is -0.253. The monoisotopic (exact) mass is 128 g/mol. The van der Waals surface area contributed by atoms with Crippen molar-refractivity contribution >= 4 is 0 Å². The molecule has 0 amide bonds. The number of nitrogens with zero attached hydrogens (tertiary/aromatic N) is 1. The van der Waals surface area contributed by atoms with Crippen LogP contribution >= 0.6 is 0 Å². The molecule has 1 rings (SSSR count). The maximum absolute atomic E-state index is 5.39. The summed E-state index contributed by atoms with van der Waals surface area (Å²) in [5, 5.41) is 0. The van der Waals surface area contributed by atoms with E-state index in [0.29, 0.717) is 6.54 Å². The molecule has 9 heavy (non-hydrogen) atoms. The Morgan fingerprint density at radius 1 is 1.89 bits per heavy atom. The molecule has 0 aromatic carbocycles. The van der Waals surface area contributed by atoms with E-state index in [1.165, 1.54) is 0 Å². The molecule has 0 radical (unpaired) electrons. The molecule has 1 unspecified atom stereocenters. The zero-order valence-corrected chi connectivity index (χ0v) is 5.58. The van der Waals surface area contributed by atoms with Gasteiger partial charge in [-0.3, -0.25) is 4.90 Å². The summed E-state index contributed by atoms with van der Waals surface area (Å²) in [6.45, 7) is 1.49. The van der Waals surface area contributed by atoms with Crippen molar-refractivity contribution in [2.45, 2.75) is 6.23 Å². The van der Waals surface area contributed by atoms with Gasteiger partial charge in [-0.1, -0.05) is 0 Å². The number of hydrogen-bond donors (Lipinski definition) is 1. The van der Waals surface area contributed by atoms with E-state index >= 15 is 0 Å². The summed E-state index contributed by atoms with van der Waals surface area (Å²) in [5.74, 6) is 0. The van der Waals surface area contributed by atoms with E-state index in [1.54, 1.807) is 6.26 Å². The maximum Gasteiger partial charge on any atom is 0.164 e. The van der Waals surface area contributed by atoms with Gasteiger partial charge in [-0.2, -0.15) is 0 Å². The van der Waals surface area contributed by atoms with Gasteiger partial charge in [-0.25, -0.2) is 0 Å². The van der Waals surface area contributed by atoms with Gasteiger partial charge in [-0.05, 0) is 13.1 Å². The lowest BCUT2D eigenvalue weighted by molar-refractivity contribution is 0.00834. The maximum atomic E-state index is 5.39. The Morgan fingerprint density at radius 2 is 2.67 bits per heavy atom. The van der Waals surface area contributed by atoms with Crippen LogP contribution in [0.1, 0.15) is 0 Å². The molecular formula is C6H12N2O. The summed E-state index contributed by atoms with van der Waals surface area (Å²) in [4.78, 5) is 2.06. The molecule has 0 spiro atoms. The average Bonchev–Trinajstić information content (AvgIpc) is 1.89. The van der Waals surface area contributed by atoms with Crippen molar-refractivity contribution in [3.05, 3.63) is 12.3 Å². The molecule has 52 valence electrons. The molecule has 0 bridgehead atoms. The molecule has 0 saturated heterocycles. The van der Waals surface area contributed by atoms with Gasteiger partial charge in [0.25, 0.3) is 0 Å². The zero-order valence-electron chi connectivity index (χ0n) is 5.58. The Kier molecular flexibility index (Phi) is 2.08. The topological polar surface area (TPSA) is 38.5 Å².